The van der Waals surface area contributed by atoms with Gasteiger partial charge in [-0.05, 0) is 37.5 Å². The standard InChI is InChI=1S/C18H28N2O4S2/c1-14-8-9-17(24-2)16(12-14)20(26(3,22)23)13-18(21)19-10-11-25-15-6-4-5-7-15/h8-9,12,15H,4-7,10-11,13H2,1-3H3,(H,19,21). The molecule has 0 aliphatic heterocycles. The van der Waals surface area contributed by atoms with Gasteiger partial charge in [0, 0.05) is 17.5 Å². The van der Waals surface area contributed by atoms with E-state index in [2.05, 4.69) is 5.32 Å². The lowest BCUT2D eigenvalue weighted by molar-refractivity contribution is -0.119. The number of sulfonamides is 1. The van der Waals surface area contributed by atoms with Crippen molar-refractivity contribution in [3.05, 3.63) is 23.8 Å². The molecule has 6 nitrogen and oxygen atoms in total. The zero-order valence-corrected chi connectivity index (χ0v) is 17.3. The molecule has 0 atom stereocenters. The molecule has 1 amide bonds. The summed E-state index contributed by atoms with van der Waals surface area (Å²) in [5.41, 5.74) is 1.27. The summed E-state index contributed by atoms with van der Waals surface area (Å²) >= 11 is 1.89. The molecule has 0 heterocycles. The van der Waals surface area contributed by atoms with Crippen molar-refractivity contribution in [1.82, 2.24) is 5.32 Å². The van der Waals surface area contributed by atoms with E-state index in [4.69, 9.17) is 4.74 Å². The molecule has 1 fully saturated rings. The molecule has 0 spiro atoms. The van der Waals surface area contributed by atoms with Gasteiger partial charge >= 0.3 is 0 Å². The molecular weight excluding hydrogens is 372 g/mol. The summed E-state index contributed by atoms with van der Waals surface area (Å²) < 4.78 is 30.8. The van der Waals surface area contributed by atoms with Gasteiger partial charge < -0.3 is 10.1 Å². The number of aryl methyl sites for hydroxylation is 1. The first kappa shape index (κ1) is 20.9. The van der Waals surface area contributed by atoms with Crippen LogP contribution < -0.4 is 14.4 Å². The van der Waals surface area contributed by atoms with E-state index < -0.39 is 10.0 Å². The lowest BCUT2D eigenvalue weighted by Crippen LogP contribution is -2.41. The van der Waals surface area contributed by atoms with Crippen LogP contribution in [-0.2, 0) is 14.8 Å². The van der Waals surface area contributed by atoms with Crippen molar-refractivity contribution in [2.75, 3.05) is 36.5 Å². The van der Waals surface area contributed by atoms with E-state index in [0.717, 1.165) is 21.9 Å². The molecule has 1 aliphatic rings. The fourth-order valence-corrected chi connectivity index (χ4v) is 5.11. The summed E-state index contributed by atoms with van der Waals surface area (Å²) in [5, 5.41) is 3.53. The van der Waals surface area contributed by atoms with Crippen LogP contribution in [0, 0.1) is 6.92 Å². The van der Waals surface area contributed by atoms with E-state index in [9.17, 15) is 13.2 Å². The second-order valence-electron chi connectivity index (χ2n) is 6.57. The van der Waals surface area contributed by atoms with Crippen LogP contribution in [0.3, 0.4) is 0 Å². The zero-order valence-electron chi connectivity index (χ0n) is 15.7. The number of carbonyl (C=O) groups is 1. The monoisotopic (exact) mass is 400 g/mol. The number of nitrogens with one attached hydrogen (secondary N) is 1. The maximum Gasteiger partial charge on any atom is 0.240 e. The Morgan fingerprint density at radius 2 is 2.04 bits per heavy atom. The fourth-order valence-electron chi connectivity index (χ4n) is 3.03. The summed E-state index contributed by atoms with van der Waals surface area (Å²) in [5.74, 6) is 0.958. The highest BCUT2D eigenvalue weighted by Gasteiger charge is 2.24. The number of anilines is 1. The summed E-state index contributed by atoms with van der Waals surface area (Å²) in [7, 11) is -2.14. The topological polar surface area (TPSA) is 75.7 Å². The average Bonchev–Trinajstić information content (AvgIpc) is 3.09. The third-order valence-electron chi connectivity index (χ3n) is 4.37. The fraction of sp³-hybridized carbons (Fsp3) is 0.611. The smallest absolute Gasteiger partial charge is 0.240 e. The van der Waals surface area contributed by atoms with Gasteiger partial charge in [-0.2, -0.15) is 11.8 Å². The van der Waals surface area contributed by atoms with Crippen molar-refractivity contribution in [1.29, 1.82) is 0 Å². The highest BCUT2D eigenvalue weighted by Crippen LogP contribution is 2.31. The van der Waals surface area contributed by atoms with Crippen molar-refractivity contribution in [3.8, 4) is 5.75 Å². The minimum absolute atomic E-state index is 0.257. The van der Waals surface area contributed by atoms with E-state index in [-0.39, 0.29) is 12.5 Å². The summed E-state index contributed by atoms with van der Waals surface area (Å²) in [6.07, 6.45) is 6.20. The van der Waals surface area contributed by atoms with Crippen LogP contribution in [0.2, 0.25) is 0 Å². The number of thioether (sulfide) groups is 1. The Balaban J connectivity index is 1.97. The summed E-state index contributed by atoms with van der Waals surface area (Å²) in [6, 6.07) is 5.26. The van der Waals surface area contributed by atoms with Crippen molar-refractivity contribution in [2.24, 2.45) is 0 Å². The zero-order chi connectivity index (χ0) is 19.2. The van der Waals surface area contributed by atoms with Gasteiger partial charge in [0.05, 0.1) is 19.1 Å². The van der Waals surface area contributed by atoms with Crippen LogP contribution in [0.4, 0.5) is 5.69 Å². The van der Waals surface area contributed by atoms with Gasteiger partial charge in [-0.15, -0.1) is 0 Å². The first-order valence-corrected chi connectivity index (χ1v) is 11.7. The van der Waals surface area contributed by atoms with Gasteiger partial charge in [-0.3, -0.25) is 9.10 Å². The Bertz CT molecular complexity index is 716. The van der Waals surface area contributed by atoms with Gasteiger partial charge in [-0.1, -0.05) is 18.9 Å². The van der Waals surface area contributed by atoms with Crippen LogP contribution >= 0.6 is 11.8 Å². The van der Waals surface area contributed by atoms with E-state index in [1.165, 1.54) is 32.8 Å². The molecule has 0 radical (unpaired) electrons. The number of hydrogen-bond donors (Lipinski definition) is 1. The van der Waals surface area contributed by atoms with Crippen molar-refractivity contribution in [2.45, 2.75) is 37.9 Å². The first-order chi connectivity index (χ1) is 12.3. The number of methoxy groups -OCH3 is 1. The van der Waals surface area contributed by atoms with Crippen LogP contribution in [0.5, 0.6) is 5.75 Å². The second kappa shape index (κ2) is 9.50. The minimum atomic E-state index is -3.62. The molecular formula is C18H28N2O4S2. The predicted molar refractivity (Wildman–Crippen MR) is 108 cm³/mol. The van der Waals surface area contributed by atoms with Crippen LogP contribution in [0.1, 0.15) is 31.2 Å². The number of hydrogen-bond acceptors (Lipinski definition) is 5. The normalized spacial score (nSPS) is 15.0. The van der Waals surface area contributed by atoms with Gasteiger partial charge in [0.25, 0.3) is 0 Å². The maximum absolute atomic E-state index is 12.3. The van der Waals surface area contributed by atoms with E-state index in [0.29, 0.717) is 23.2 Å². The van der Waals surface area contributed by atoms with Gasteiger partial charge in [-0.25, -0.2) is 8.42 Å². The summed E-state index contributed by atoms with van der Waals surface area (Å²) in [6.45, 7) is 2.15. The highest BCUT2D eigenvalue weighted by molar-refractivity contribution is 7.99. The van der Waals surface area contributed by atoms with E-state index >= 15 is 0 Å². The first-order valence-electron chi connectivity index (χ1n) is 8.82. The molecule has 2 rings (SSSR count). The second-order valence-corrected chi connectivity index (χ2v) is 9.89. The average molecular weight is 401 g/mol. The number of benzene rings is 1. The molecule has 146 valence electrons. The van der Waals surface area contributed by atoms with Crippen molar-refractivity contribution < 1.29 is 17.9 Å². The largest absolute Gasteiger partial charge is 0.495 e. The summed E-state index contributed by atoms with van der Waals surface area (Å²) in [4.78, 5) is 12.3. The Morgan fingerprint density at radius 1 is 1.35 bits per heavy atom. The van der Waals surface area contributed by atoms with Gasteiger partial charge in [0.1, 0.15) is 12.3 Å². The number of amides is 1. The van der Waals surface area contributed by atoms with Crippen LogP contribution in [0.15, 0.2) is 18.2 Å². The molecule has 1 aromatic carbocycles. The Morgan fingerprint density at radius 3 is 2.65 bits per heavy atom. The van der Waals surface area contributed by atoms with Crippen LogP contribution in [-0.4, -0.2) is 51.8 Å². The van der Waals surface area contributed by atoms with Crippen molar-refractivity contribution in [3.63, 3.8) is 0 Å². The minimum Gasteiger partial charge on any atom is -0.495 e. The molecule has 0 bridgehead atoms. The number of ether oxygens (including phenoxy) is 1. The molecule has 0 aromatic heterocycles. The lowest BCUT2D eigenvalue weighted by Gasteiger charge is -2.24. The quantitative estimate of drug-likeness (QED) is 0.645. The third-order valence-corrected chi connectivity index (χ3v) is 6.88. The molecule has 1 saturated carbocycles. The maximum atomic E-state index is 12.3. The van der Waals surface area contributed by atoms with E-state index in [1.807, 2.05) is 24.8 Å². The molecule has 8 heteroatoms. The number of carbonyl (C=O) groups excluding carboxylic acids is 1. The van der Waals surface area contributed by atoms with Crippen molar-refractivity contribution >= 4 is 33.4 Å². The lowest BCUT2D eigenvalue weighted by atomic mass is 10.2. The number of nitrogens with zero attached hydrogens (tertiary/aromatic N) is 1. The molecule has 1 aromatic rings. The number of rotatable bonds is 9. The highest BCUT2D eigenvalue weighted by atomic mass is 32.2. The SMILES string of the molecule is COc1ccc(C)cc1N(CC(=O)NCCSC1CCCC1)S(C)(=O)=O. The molecule has 1 N–H and O–H groups in total. The predicted octanol–water partition coefficient (Wildman–Crippen LogP) is 2.56. The Kier molecular flexibility index (Phi) is 7.64. The van der Waals surface area contributed by atoms with E-state index in [1.54, 1.807) is 12.1 Å². The molecule has 1 aliphatic carbocycles. The Labute approximate surface area is 160 Å². The van der Waals surface area contributed by atoms with Gasteiger partial charge in [0.15, 0.2) is 0 Å². The molecule has 0 saturated heterocycles. The molecule has 0 unspecified atom stereocenters. The van der Waals surface area contributed by atoms with Crippen LogP contribution in [0.25, 0.3) is 0 Å². The molecule has 26 heavy (non-hydrogen) atoms. The van der Waals surface area contributed by atoms with Gasteiger partial charge in [0.2, 0.25) is 15.9 Å². The Hall–Kier alpha value is -1.41. The third kappa shape index (κ3) is 6.09.